The second-order valence-corrected chi connectivity index (χ2v) is 3.60. The minimum atomic E-state index is -1.02. The Bertz CT molecular complexity index is 388. The molecular formula is C12H15NO3. The van der Waals surface area contributed by atoms with Crippen molar-refractivity contribution >= 4 is 11.9 Å². The molecule has 0 fully saturated rings. The van der Waals surface area contributed by atoms with Crippen LogP contribution in [0, 0.1) is 6.92 Å². The van der Waals surface area contributed by atoms with E-state index in [0.717, 1.165) is 11.1 Å². The first kappa shape index (κ1) is 12.2. The molecule has 4 heteroatoms. The molecule has 0 bridgehead atoms. The van der Waals surface area contributed by atoms with Crippen molar-refractivity contribution < 1.29 is 14.7 Å². The quantitative estimate of drug-likeness (QED) is 0.783. The Labute approximate surface area is 94.3 Å². The zero-order chi connectivity index (χ0) is 12.0. The third-order valence-electron chi connectivity index (χ3n) is 2.32. The Morgan fingerprint density at radius 1 is 1.31 bits per heavy atom. The normalized spacial score (nSPS) is 9.81. The summed E-state index contributed by atoms with van der Waals surface area (Å²) >= 11 is 0. The number of aliphatic carboxylic acids is 1. The first-order chi connectivity index (χ1) is 7.59. The van der Waals surface area contributed by atoms with E-state index in [1.54, 1.807) is 0 Å². The second kappa shape index (κ2) is 5.90. The van der Waals surface area contributed by atoms with Gasteiger partial charge in [-0.15, -0.1) is 0 Å². The van der Waals surface area contributed by atoms with Gasteiger partial charge in [-0.3, -0.25) is 9.59 Å². The molecule has 86 valence electrons. The van der Waals surface area contributed by atoms with Gasteiger partial charge in [0.15, 0.2) is 0 Å². The van der Waals surface area contributed by atoms with Crippen LogP contribution < -0.4 is 5.32 Å². The average molecular weight is 221 g/mol. The number of rotatable bonds is 5. The van der Waals surface area contributed by atoms with E-state index in [4.69, 9.17) is 5.11 Å². The van der Waals surface area contributed by atoms with Crippen LogP contribution in [0.15, 0.2) is 24.3 Å². The van der Waals surface area contributed by atoms with Gasteiger partial charge in [0.2, 0.25) is 5.91 Å². The largest absolute Gasteiger partial charge is 0.480 e. The Kier molecular flexibility index (Phi) is 4.51. The van der Waals surface area contributed by atoms with Crippen molar-refractivity contribution in [3.63, 3.8) is 0 Å². The summed E-state index contributed by atoms with van der Waals surface area (Å²) in [7, 11) is 0. The molecule has 16 heavy (non-hydrogen) atoms. The van der Waals surface area contributed by atoms with Crippen molar-refractivity contribution in [2.45, 2.75) is 19.8 Å². The van der Waals surface area contributed by atoms with E-state index in [-0.39, 0.29) is 12.5 Å². The Balaban J connectivity index is 2.37. The van der Waals surface area contributed by atoms with Gasteiger partial charge < -0.3 is 10.4 Å². The van der Waals surface area contributed by atoms with Gasteiger partial charge in [-0.25, -0.2) is 0 Å². The van der Waals surface area contributed by atoms with Crippen LogP contribution in [0.2, 0.25) is 0 Å². The fraction of sp³-hybridized carbons (Fsp3) is 0.333. The highest BCUT2D eigenvalue weighted by atomic mass is 16.4. The summed E-state index contributed by atoms with van der Waals surface area (Å²) in [5.41, 5.74) is 2.27. The predicted molar refractivity (Wildman–Crippen MR) is 60.1 cm³/mol. The number of carboxylic acid groups (broad SMARTS) is 1. The molecule has 0 saturated heterocycles. The van der Waals surface area contributed by atoms with Gasteiger partial charge in [0, 0.05) is 6.42 Å². The van der Waals surface area contributed by atoms with Crippen molar-refractivity contribution in [3.05, 3.63) is 35.4 Å². The van der Waals surface area contributed by atoms with Gasteiger partial charge in [0.1, 0.15) is 6.54 Å². The SMILES string of the molecule is Cc1ccccc1CCC(=O)NCC(=O)O. The van der Waals surface area contributed by atoms with Crippen LogP contribution in [0.3, 0.4) is 0 Å². The molecule has 2 N–H and O–H groups in total. The second-order valence-electron chi connectivity index (χ2n) is 3.60. The van der Waals surface area contributed by atoms with Crippen molar-refractivity contribution in [2.75, 3.05) is 6.54 Å². The maximum atomic E-state index is 11.3. The van der Waals surface area contributed by atoms with Crippen molar-refractivity contribution in [1.29, 1.82) is 0 Å². The molecule has 0 atom stereocenters. The van der Waals surface area contributed by atoms with Crippen LogP contribution in [-0.2, 0) is 16.0 Å². The molecule has 0 aliphatic rings. The Hall–Kier alpha value is -1.84. The lowest BCUT2D eigenvalue weighted by molar-refractivity contribution is -0.137. The van der Waals surface area contributed by atoms with Crippen LogP contribution in [-0.4, -0.2) is 23.5 Å². The number of carbonyl (C=O) groups is 2. The van der Waals surface area contributed by atoms with E-state index in [0.29, 0.717) is 12.8 Å². The molecule has 1 amide bonds. The van der Waals surface area contributed by atoms with Gasteiger partial charge in [-0.1, -0.05) is 24.3 Å². The first-order valence-electron chi connectivity index (χ1n) is 5.12. The fourth-order valence-corrected chi connectivity index (χ4v) is 1.40. The maximum Gasteiger partial charge on any atom is 0.322 e. The zero-order valence-electron chi connectivity index (χ0n) is 9.19. The lowest BCUT2D eigenvalue weighted by Crippen LogP contribution is -2.29. The number of carbonyl (C=O) groups excluding carboxylic acids is 1. The molecule has 1 aromatic rings. The molecule has 0 radical (unpaired) electrons. The summed E-state index contributed by atoms with van der Waals surface area (Å²) in [5.74, 6) is -1.25. The third-order valence-corrected chi connectivity index (χ3v) is 2.32. The van der Waals surface area contributed by atoms with Crippen LogP contribution >= 0.6 is 0 Å². The standard InChI is InChI=1S/C12H15NO3/c1-9-4-2-3-5-10(9)6-7-11(14)13-8-12(15)16/h2-5H,6-8H2,1H3,(H,13,14)(H,15,16). The predicted octanol–water partition coefficient (Wildman–Crippen LogP) is 1.13. The smallest absolute Gasteiger partial charge is 0.322 e. The Morgan fingerprint density at radius 3 is 2.62 bits per heavy atom. The third kappa shape index (κ3) is 4.13. The monoisotopic (exact) mass is 221 g/mol. The van der Waals surface area contributed by atoms with Crippen LogP contribution in [0.25, 0.3) is 0 Å². The minimum Gasteiger partial charge on any atom is -0.480 e. The molecule has 4 nitrogen and oxygen atoms in total. The number of amides is 1. The van der Waals surface area contributed by atoms with Crippen LogP contribution in [0.5, 0.6) is 0 Å². The molecular weight excluding hydrogens is 206 g/mol. The summed E-state index contributed by atoms with van der Waals surface area (Å²) in [5, 5.41) is 10.7. The molecule has 0 aliphatic heterocycles. The maximum absolute atomic E-state index is 11.3. The van der Waals surface area contributed by atoms with Crippen LogP contribution in [0.1, 0.15) is 17.5 Å². The zero-order valence-corrected chi connectivity index (χ0v) is 9.19. The van der Waals surface area contributed by atoms with Gasteiger partial charge in [0.25, 0.3) is 0 Å². The topological polar surface area (TPSA) is 66.4 Å². The molecule has 0 unspecified atom stereocenters. The van der Waals surface area contributed by atoms with Gasteiger partial charge in [0.05, 0.1) is 0 Å². The van der Waals surface area contributed by atoms with E-state index >= 15 is 0 Å². The Morgan fingerprint density at radius 2 is 2.00 bits per heavy atom. The van der Waals surface area contributed by atoms with Gasteiger partial charge in [-0.2, -0.15) is 0 Å². The molecule has 1 aromatic carbocycles. The molecule has 0 saturated carbocycles. The van der Waals surface area contributed by atoms with Gasteiger partial charge >= 0.3 is 5.97 Å². The van der Waals surface area contributed by atoms with Crippen molar-refractivity contribution in [1.82, 2.24) is 5.32 Å². The lowest BCUT2D eigenvalue weighted by atomic mass is 10.0. The number of nitrogens with one attached hydrogen (secondary N) is 1. The first-order valence-corrected chi connectivity index (χ1v) is 5.12. The summed E-state index contributed by atoms with van der Waals surface area (Å²) in [4.78, 5) is 21.5. The van der Waals surface area contributed by atoms with E-state index < -0.39 is 5.97 Å². The van der Waals surface area contributed by atoms with Gasteiger partial charge in [-0.05, 0) is 24.5 Å². The number of benzene rings is 1. The molecule has 0 spiro atoms. The van der Waals surface area contributed by atoms with E-state index in [1.807, 2.05) is 31.2 Å². The summed E-state index contributed by atoms with van der Waals surface area (Å²) in [6.45, 7) is 1.68. The average Bonchev–Trinajstić information content (AvgIpc) is 2.25. The van der Waals surface area contributed by atoms with Crippen molar-refractivity contribution in [3.8, 4) is 0 Å². The fourth-order valence-electron chi connectivity index (χ4n) is 1.40. The number of aryl methyl sites for hydroxylation is 2. The number of hydrogen-bond acceptors (Lipinski definition) is 2. The highest BCUT2D eigenvalue weighted by Crippen LogP contribution is 2.09. The summed E-state index contributed by atoms with van der Waals surface area (Å²) in [6, 6.07) is 7.84. The highest BCUT2D eigenvalue weighted by molar-refractivity contribution is 5.81. The summed E-state index contributed by atoms with van der Waals surface area (Å²) in [6.07, 6.45) is 0.955. The molecule has 0 aromatic heterocycles. The van der Waals surface area contributed by atoms with E-state index in [9.17, 15) is 9.59 Å². The van der Waals surface area contributed by atoms with E-state index in [1.165, 1.54) is 0 Å². The van der Waals surface area contributed by atoms with Crippen molar-refractivity contribution in [2.24, 2.45) is 0 Å². The molecule has 0 heterocycles. The number of hydrogen-bond donors (Lipinski definition) is 2. The number of carboxylic acids is 1. The van der Waals surface area contributed by atoms with Crippen LogP contribution in [0.4, 0.5) is 0 Å². The minimum absolute atomic E-state index is 0.231. The lowest BCUT2D eigenvalue weighted by Gasteiger charge is -2.05. The summed E-state index contributed by atoms with van der Waals surface area (Å²) < 4.78 is 0. The molecule has 1 rings (SSSR count). The van der Waals surface area contributed by atoms with E-state index in [2.05, 4.69) is 5.32 Å². The highest BCUT2D eigenvalue weighted by Gasteiger charge is 2.05. The molecule has 0 aliphatic carbocycles.